The van der Waals surface area contributed by atoms with Gasteiger partial charge in [0, 0.05) is 4.47 Å². The zero-order valence-electron chi connectivity index (χ0n) is 11.0. The van der Waals surface area contributed by atoms with Crippen molar-refractivity contribution in [3.63, 3.8) is 0 Å². The van der Waals surface area contributed by atoms with Crippen molar-refractivity contribution >= 4 is 27.7 Å². The van der Waals surface area contributed by atoms with E-state index in [0.29, 0.717) is 16.8 Å². The Morgan fingerprint density at radius 1 is 1.21 bits per heavy atom. The van der Waals surface area contributed by atoms with Crippen molar-refractivity contribution < 1.29 is 23.8 Å². The number of esters is 1. The number of hydrogen-bond donors (Lipinski definition) is 0. The summed E-state index contributed by atoms with van der Waals surface area (Å²) in [5.74, 6) is -1.07. The Morgan fingerprint density at radius 3 is 2.42 bits per heavy atom. The van der Waals surface area contributed by atoms with Gasteiger partial charge < -0.3 is 14.2 Å². The molecule has 5 nitrogen and oxygen atoms in total. The first-order valence-corrected chi connectivity index (χ1v) is 6.56. The van der Waals surface area contributed by atoms with Gasteiger partial charge in [-0.15, -0.1) is 0 Å². The van der Waals surface area contributed by atoms with Crippen molar-refractivity contribution in [3.8, 4) is 11.5 Å². The van der Waals surface area contributed by atoms with Crippen LogP contribution in [0.1, 0.15) is 24.2 Å². The van der Waals surface area contributed by atoms with E-state index in [1.54, 1.807) is 26.0 Å². The highest BCUT2D eigenvalue weighted by atomic mass is 79.9. The molecule has 0 atom stereocenters. The number of carbonyl (C=O) groups excluding carboxylic acids is 2. The molecule has 0 aliphatic heterocycles. The molecule has 6 heteroatoms. The first-order chi connectivity index (χ1) is 9.06. The van der Waals surface area contributed by atoms with Crippen LogP contribution in [0.3, 0.4) is 0 Å². The maximum absolute atomic E-state index is 12.1. The van der Waals surface area contributed by atoms with E-state index >= 15 is 0 Å². The molecule has 0 radical (unpaired) electrons. The predicted molar refractivity (Wildman–Crippen MR) is 72.8 cm³/mol. The zero-order valence-corrected chi connectivity index (χ0v) is 12.6. The first kappa shape index (κ1) is 15.5. The molecule has 1 aromatic rings. The lowest BCUT2D eigenvalue weighted by molar-refractivity contribution is -0.137. The Morgan fingerprint density at radius 2 is 1.89 bits per heavy atom. The smallest absolute Gasteiger partial charge is 0.379 e. The van der Waals surface area contributed by atoms with Crippen LogP contribution in [0.2, 0.25) is 0 Å². The Kier molecular flexibility index (Phi) is 5.82. The molecule has 0 amide bonds. The summed E-state index contributed by atoms with van der Waals surface area (Å²) >= 11 is 3.24. The molecule has 0 heterocycles. The second-order valence-electron chi connectivity index (χ2n) is 3.44. The van der Waals surface area contributed by atoms with Crippen LogP contribution in [-0.2, 0) is 9.53 Å². The summed E-state index contributed by atoms with van der Waals surface area (Å²) in [6, 6.07) is 3.27. The van der Waals surface area contributed by atoms with E-state index in [-0.39, 0.29) is 17.9 Å². The van der Waals surface area contributed by atoms with Gasteiger partial charge in [-0.05, 0) is 41.9 Å². The minimum atomic E-state index is -0.919. The number of rotatable bonds is 6. The average Bonchev–Trinajstić information content (AvgIpc) is 2.39. The molecule has 19 heavy (non-hydrogen) atoms. The normalized spacial score (nSPS) is 9.89. The fraction of sp³-hybridized carbons (Fsp3) is 0.385. The summed E-state index contributed by atoms with van der Waals surface area (Å²) in [7, 11) is 1.46. The lowest BCUT2D eigenvalue weighted by Crippen LogP contribution is -2.19. The third kappa shape index (κ3) is 3.47. The van der Waals surface area contributed by atoms with Crippen molar-refractivity contribution in [2.45, 2.75) is 13.8 Å². The second kappa shape index (κ2) is 7.13. The molecule has 0 spiro atoms. The maximum atomic E-state index is 12.1. The lowest BCUT2D eigenvalue weighted by atomic mass is 10.1. The van der Waals surface area contributed by atoms with Gasteiger partial charge in [0.25, 0.3) is 5.78 Å². The largest absolute Gasteiger partial charge is 0.493 e. The van der Waals surface area contributed by atoms with Crippen molar-refractivity contribution in [2.75, 3.05) is 20.3 Å². The lowest BCUT2D eigenvalue weighted by Gasteiger charge is -2.14. The number of ether oxygens (including phenoxy) is 3. The van der Waals surface area contributed by atoms with Crippen LogP contribution in [0.15, 0.2) is 16.6 Å². The molecule has 0 fully saturated rings. The number of ketones is 1. The van der Waals surface area contributed by atoms with Crippen LogP contribution in [0.25, 0.3) is 0 Å². The van der Waals surface area contributed by atoms with E-state index in [1.807, 2.05) is 0 Å². The highest BCUT2D eigenvalue weighted by Gasteiger charge is 2.27. The van der Waals surface area contributed by atoms with Crippen LogP contribution in [0.5, 0.6) is 11.5 Å². The van der Waals surface area contributed by atoms with Gasteiger partial charge in [0.05, 0.1) is 25.9 Å². The van der Waals surface area contributed by atoms with E-state index in [0.717, 1.165) is 0 Å². The third-order valence-corrected chi connectivity index (χ3v) is 2.93. The van der Waals surface area contributed by atoms with E-state index in [9.17, 15) is 9.59 Å². The summed E-state index contributed by atoms with van der Waals surface area (Å²) in [6.45, 7) is 3.89. The van der Waals surface area contributed by atoms with Crippen molar-refractivity contribution in [3.05, 3.63) is 22.2 Å². The van der Waals surface area contributed by atoms with Gasteiger partial charge in [0.2, 0.25) is 0 Å². The standard InChI is InChI=1S/C13H15BrO5/c1-4-18-12-9(17-3)7-6-8(14)10(12)11(15)13(16)19-5-2/h6-7H,4-5H2,1-3H3. The molecule has 0 saturated carbocycles. The number of hydrogen-bond acceptors (Lipinski definition) is 5. The van der Waals surface area contributed by atoms with Gasteiger partial charge in [-0.25, -0.2) is 4.79 Å². The van der Waals surface area contributed by atoms with E-state index in [2.05, 4.69) is 15.9 Å². The highest BCUT2D eigenvalue weighted by molar-refractivity contribution is 9.10. The highest BCUT2D eigenvalue weighted by Crippen LogP contribution is 2.36. The van der Waals surface area contributed by atoms with Gasteiger partial charge in [0.15, 0.2) is 11.5 Å². The molecule has 0 saturated heterocycles. The van der Waals surface area contributed by atoms with E-state index in [1.165, 1.54) is 7.11 Å². The Bertz CT molecular complexity index is 484. The van der Waals surface area contributed by atoms with Crippen LogP contribution >= 0.6 is 15.9 Å². The summed E-state index contributed by atoms with van der Waals surface area (Å²) < 4.78 is 15.7. The molecule has 0 aliphatic carbocycles. The Balaban J connectivity index is 3.31. The number of benzene rings is 1. The van der Waals surface area contributed by atoms with Crippen molar-refractivity contribution in [1.29, 1.82) is 0 Å². The molecule has 0 bridgehead atoms. The fourth-order valence-corrected chi connectivity index (χ4v) is 1.99. The predicted octanol–water partition coefficient (Wildman–Crippen LogP) is 2.60. The number of methoxy groups -OCH3 is 1. The Hall–Kier alpha value is -1.56. The van der Waals surface area contributed by atoms with Crippen molar-refractivity contribution in [1.82, 2.24) is 0 Å². The summed E-state index contributed by atoms with van der Waals surface area (Å²) in [4.78, 5) is 23.6. The quantitative estimate of drug-likeness (QED) is 0.455. The van der Waals surface area contributed by atoms with Crippen LogP contribution < -0.4 is 9.47 Å². The SMILES string of the molecule is CCOC(=O)C(=O)c1c(Br)ccc(OC)c1OCC. The third-order valence-electron chi connectivity index (χ3n) is 2.27. The number of carbonyl (C=O) groups is 2. The minimum absolute atomic E-state index is 0.111. The summed E-state index contributed by atoms with van der Waals surface area (Å²) in [5, 5.41) is 0. The average molecular weight is 331 g/mol. The minimum Gasteiger partial charge on any atom is -0.493 e. The molecule has 0 aliphatic rings. The van der Waals surface area contributed by atoms with Crippen LogP contribution in [0, 0.1) is 0 Å². The van der Waals surface area contributed by atoms with Gasteiger partial charge in [-0.3, -0.25) is 4.79 Å². The fourth-order valence-electron chi connectivity index (χ4n) is 1.50. The van der Waals surface area contributed by atoms with E-state index < -0.39 is 11.8 Å². The second-order valence-corrected chi connectivity index (χ2v) is 4.29. The Labute approximate surface area is 120 Å². The molecule has 1 rings (SSSR count). The summed E-state index contributed by atoms with van der Waals surface area (Å²) in [6.07, 6.45) is 0. The summed E-state index contributed by atoms with van der Waals surface area (Å²) in [5.41, 5.74) is 0.111. The molecular formula is C13H15BrO5. The van der Waals surface area contributed by atoms with Gasteiger partial charge >= 0.3 is 5.97 Å². The van der Waals surface area contributed by atoms with Gasteiger partial charge in [0.1, 0.15) is 0 Å². The topological polar surface area (TPSA) is 61.8 Å². The molecule has 0 aromatic heterocycles. The maximum Gasteiger partial charge on any atom is 0.379 e. The van der Waals surface area contributed by atoms with Crippen molar-refractivity contribution in [2.24, 2.45) is 0 Å². The van der Waals surface area contributed by atoms with E-state index in [4.69, 9.17) is 14.2 Å². The van der Waals surface area contributed by atoms with Crippen LogP contribution in [-0.4, -0.2) is 32.1 Å². The van der Waals surface area contributed by atoms with Gasteiger partial charge in [-0.2, -0.15) is 0 Å². The monoisotopic (exact) mass is 330 g/mol. The first-order valence-electron chi connectivity index (χ1n) is 5.77. The molecule has 104 valence electrons. The number of Topliss-reactive ketones (excluding diaryl/α,β-unsaturated/α-hetero) is 1. The zero-order chi connectivity index (χ0) is 14.4. The van der Waals surface area contributed by atoms with Gasteiger partial charge in [-0.1, -0.05) is 0 Å². The number of halogens is 1. The van der Waals surface area contributed by atoms with Crippen LogP contribution in [0.4, 0.5) is 0 Å². The molecule has 0 unspecified atom stereocenters. The molecular weight excluding hydrogens is 316 g/mol. The molecule has 0 N–H and O–H groups in total. The molecule has 1 aromatic carbocycles.